The monoisotopic (exact) mass is 372 g/mol. The number of hydrogen-bond donors (Lipinski definition) is 1. The standard InChI is InChI=1S/C20H24N2O5/c1-13(23)22(2)12-14-8-6-7-9-16(14)21-20(24)15-10-17(25-3)19(27-5)18(11-15)26-4/h6-11H,12H2,1-5H3,(H,21,24). The fraction of sp³-hybridized carbons (Fsp3) is 0.300. The van der Waals surface area contributed by atoms with E-state index in [1.165, 1.54) is 28.3 Å². The van der Waals surface area contributed by atoms with E-state index in [1.54, 1.807) is 30.1 Å². The van der Waals surface area contributed by atoms with Crippen molar-refractivity contribution in [3.63, 3.8) is 0 Å². The highest BCUT2D eigenvalue weighted by Crippen LogP contribution is 2.38. The molecule has 0 saturated heterocycles. The van der Waals surface area contributed by atoms with Gasteiger partial charge < -0.3 is 24.4 Å². The van der Waals surface area contributed by atoms with Gasteiger partial charge in [0.05, 0.1) is 21.3 Å². The molecule has 7 heteroatoms. The highest BCUT2D eigenvalue weighted by Gasteiger charge is 2.18. The second-order valence-corrected chi connectivity index (χ2v) is 5.90. The van der Waals surface area contributed by atoms with Gasteiger partial charge in [0, 0.05) is 31.8 Å². The van der Waals surface area contributed by atoms with Gasteiger partial charge in [-0.25, -0.2) is 0 Å². The van der Waals surface area contributed by atoms with Crippen LogP contribution in [-0.4, -0.2) is 45.1 Å². The van der Waals surface area contributed by atoms with Crippen molar-refractivity contribution in [1.29, 1.82) is 0 Å². The summed E-state index contributed by atoms with van der Waals surface area (Å²) in [5.41, 5.74) is 1.82. The van der Waals surface area contributed by atoms with E-state index in [4.69, 9.17) is 14.2 Å². The Bertz CT molecular complexity index is 810. The molecule has 27 heavy (non-hydrogen) atoms. The first-order chi connectivity index (χ1) is 12.9. The number of para-hydroxylation sites is 1. The Hall–Kier alpha value is -3.22. The number of ether oxygens (including phenoxy) is 3. The second-order valence-electron chi connectivity index (χ2n) is 5.90. The molecule has 0 unspecified atom stereocenters. The average Bonchev–Trinajstić information content (AvgIpc) is 2.67. The van der Waals surface area contributed by atoms with Crippen LogP contribution >= 0.6 is 0 Å². The Morgan fingerprint density at radius 1 is 1.00 bits per heavy atom. The molecule has 7 nitrogen and oxygen atoms in total. The van der Waals surface area contributed by atoms with Gasteiger partial charge in [0.2, 0.25) is 11.7 Å². The minimum Gasteiger partial charge on any atom is -0.493 e. The molecule has 0 fully saturated rings. The van der Waals surface area contributed by atoms with Crippen molar-refractivity contribution >= 4 is 17.5 Å². The predicted octanol–water partition coefficient (Wildman–Crippen LogP) is 2.94. The Morgan fingerprint density at radius 3 is 2.11 bits per heavy atom. The molecule has 0 radical (unpaired) electrons. The fourth-order valence-corrected chi connectivity index (χ4v) is 2.55. The summed E-state index contributed by atoms with van der Waals surface area (Å²) in [5.74, 6) is 0.825. The van der Waals surface area contributed by atoms with Crippen LogP contribution in [0.15, 0.2) is 36.4 Å². The van der Waals surface area contributed by atoms with E-state index in [2.05, 4.69) is 5.32 Å². The molecule has 0 aliphatic carbocycles. The van der Waals surface area contributed by atoms with Gasteiger partial charge in [0.25, 0.3) is 5.91 Å². The molecule has 0 aliphatic heterocycles. The van der Waals surface area contributed by atoms with Crippen molar-refractivity contribution in [2.75, 3.05) is 33.7 Å². The van der Waals surface area contributed by atoms with Crippen LogP contribution in [-0.2, 0) is 11.3 Å². The zero-order valence-electron chi connectivity index (χ0n) is 16.2. The summed E-state index contributed by atoms with van der Waals surface area (Å²) in [4.78, 5) is 25.9. The van der Waals surface area contributed by atoms with Crippen LogP contribution in [0.25, 0.3) is 0 Å². The van der Waals surface area contributed by atoms with Crippen LogP contribution in [0.1, 0.15) is 22.8 Å². The third kappa shape index (κ3) is 4.69. The van der Waals surface area contributed by atoms with Gasteiger partial charge >= 0.3 is 0 Å². The summed E-state index contributed by atoms with van der Waals surface area (Å²) in [5, 5.41) is 2.88. The Balaban J connectivity index is 2.32. The van der Waals surface area contributed by atoms with E-state index < -0.39 is 0 Å². The van der Waals surface area contributed by atoms with Gasteiger partial charge in [-0.05, 0) is 23.8 Å². The van der Waals surface area contributed by atoms with Crippen molar-refractivity contribution < 1.29 is 23.8 Å². The highest BCUT2D eigenvalue weighted by molar-refractivity contribution is 6.05. The van der Waals surface area contributed by atoms with E-state index in [0.717, 1.165) is 5.56 Å². The zero-order chi connectivity index (χ0) is 20.0. The van der Waals surface area contributed by atoms with Crippen molar-refractivity contribution in [2.45, 2.75) is 13.5 Å². The number of nitrogens with one attached hydrogen (secondary N) is 1. The third-order valence-corrected chi connectivity index (χ3v) is 4.14. The molecule has 0 spiro atoms. The fourth-order valence-electron chi connectivity index (χ4n) is 2.55. The highest BCUT2D eigenvalue weighted by atomic mass is 16.5. The maximum Gasteiger partial charge on any atom is 0.255 e. The molecule has 0 atom stereocenters. The largest absolute Gasteiger partial charge is 0.493 e. The lowest BCUT2D eigenvalue weighted by molar-refractivity contribution is -0.128. The van der Waals surface area contributed by atoms with Crippen LogP contribution in [0.5, 0.6) is 17.2 Å². The molecule has 0 saturated carbocycles. The Morgan fingerprint density at radius 2 is 1.59 bits per heavy atom. The summed E-state index contributed by atoms with van der Waals surface area (Å²) in [6.45, 7) is 1.89. The number of carbonyl (C=O) groups excluding carboxylic acids is 2. The molecule has 0 heterocycles. The maximum absolute atomic E-state index is 12.8. The molecule has 144 valence electrons. The van der Waals surface area contributed by atoms with Gasteiger partial charge in [-0.1, -0.05) is 18.2 Å². The van der Waals surface area contributed by atoms with Crippen molar-refractivity contribution in [3.8, 4) is 17.2 Å². The minimum absolute atomic E-state index is 0.0549. The van der Waals surface area contributed by atoms with Gasteiger partial charge in [0.1, 0.15) is 0 Å². The number of carbonyl (C=O) groups is 2. The molecule has 0 aliphatic rings. The van der Waals surface area contributed by atoms with Crippen molar-refractivity contribution in [2.24, 2.45) is 0 Å². The molecule has 1 N–H and O–H groups in total. The van der Waals surface area contributed by atoms with E-state index in [9.17, 15) is 9.59 Å². The number of benzene rings is 2. The summed E-state index contributed by atoms with van der Waals surface area (Å²) in [6.07, 6.45) is 0. The maximum atomic E-state index is 12.8. The van der Waals surface area contributed by atoms with Gasteiger partial charge in [-0.3, -0.25) is 9.59 Å². The van der Waals surface area contributed by atoms with Crippen molar-refractivity contribution in [3.05, 3.63) is 47.5 Å². The van der Waals surface area contributed by atoms with Crippen molar-refractivity contribution in [1.82, 2.24) is 4.90 Å². The van der Waals surface area contributed by atoms with E-state index in [0.29, 0.717) is 35.0 Å². The summed E-state index contributed by atoms with van der Waals surface area (Å²) >= 11 is 0. The van der Waals surface area contributed by atoms with Crippen LogP contribution in [0.3, 0.4) is 0 Å². The van der Waals surface area contributed by atoms with Crippen LogP contribution < -0.4 is 19.5 Å². The Labute approximate surface area is 158 Å². The first kappa shape index (κ1) is 20.1. The van der Waals surface area contributed by atoms with Gasteiger partial charge in [-0.2, -0.15) is 0 Å². The molecule has 0 aromatic heterocycles. The molecule has 2 rings (SSSR count). The topological polar surface area (TPSA) is 77.1 Å². The third-order valence-electron chi connectivity index (χ3n) is 4.14. The van der Waals surface area contributed by atoms with E-state index in [-0.39, 0.29) is 11.8 Å². The molecular weight excluding hydrogens is 348 g/mol. The van der Waals surface area contributed by atoms with Crippen LogP contribution in [0.2, 0.25) is 0 Å². The lowest BCUT2D eigenvalue weighted by Gasteiger charge is -2.18. The quantitative estimate of drug-likeness (QED) is 0.809. The molecular formula is C20H24N2O5. The number of amides is 2. The summed E-state index contributed by atoms with van der Waals surface area (Å²) in [6, 6.07) is 10.5. The smallest absolute Gasteiger partial charge is 0.255 e. The first-order valence-electron chi connectivity index (χ1n) is 8.32. The Kier molecular flexibility index (Phi) is 6.65. The molecule has 2 aromatic carbocycles. The molecule has 2 aromatic rings. The predicted molar refractivity (Wildman–Crippen MR) is 103 cm³/mol. The lowest BCUT2D eigenvalue weighted by atomic mass is 10.1. The van der Waals surface area contributed by atoms with Gasteiger partial charge in [0.15, 0.2) is 11.5 Å². The normalized spacial score (nSPS) is 10.1. The number of anilines is 1. The number of rotatable bonds is 7. The van der Waals surface area contributed by atoms with Crippen LogP contribution in [0, 0.1) is 0 Å². The summed E-state index contributed by atoms with van der Waals surface area (Å²) in [7, 11) is 6.19. The number of nitrogens with zero attached hydrogens (tertiary/aromatic N) is 1. The zero-order valence-corrected chi connectivity index (χ0v) is 16.2. The van der Waals surface area contributed by atoms with E-state index >= 15 is 0 Å². The average molecular weight is 372 g/mol. The second kappa shape index (κ2) is 8.93. The van der Waals surface area contributed by atoms with E-state index in [1.807, 2.05) is 18.2 Å². The lowest BCUT2D eigenvalue weighted by Crippen LogP contribution is -2.24. The first-order valence-corrected chi connectivity index (χ1v) is 8.32. The van der Waals surface area contributed by atoms with Gasteiger partial charge in [-0.15, -0.1) is 0 Å². The summed E-state index contributed by atoms with van der Waals surface area (Å²) < 4.78 is 15.9. The number of methoxy groups -OCH3 is 3. The minimum atomic E-state index is -0.327. The van der Waals surface area contributed by atoms with Crippen LogP contribution in [0.4, 0.5) is 5.69 Å². The SMILES string of the molecule is COc1cc(C(=O)Nc2ccccc2CN(C)C(C)=O)cc(OC)c1OC. The number of hydrogen-bond acceptors (Lipinski definition) is 5. The molecule has 0 bridgehead atoms. The molecule has 2 amide bonds.